The van der Waals surface area contributed by atoms with E-state index in [1.54, 1.807) is 10.4 Å². The molecule has 34 heavy (non-hydrogen) atoms. The lowest BCUT2D eigenvalue weighted by molar-refractivity contribution is 0.0322. The fourth-order valence-corrected chi connectivity index (χ4v) is 4.72. The molecule has 0 spiro atoms. The van der Waals surface area contributed by atoms with Crippen LogP contribution < -0.4 is 20.7 Å². The molecule has 5 rings (SSSR count). The minimum absolute atomic E-state index is 0.123. The number of benzene rings is 1. The quantitative estimate of drug-likeness (QED) is 0.539. The number of ether oxygens (including phenoxy) is 2. The number of amides is 2. The number of aromatic nitrogens is 3. The van der Waals surface area contributed by atoms with Gasteiger partial charge in [-0.15, -0.1) is 11.3 Å². The minimum Gasteiger partial charge on any atom is -0.492 e. The highest BCUT2D eigenvalue weighted by atomic mass is 32.1. The van der Waals surface area contributed by atoms with E-state index in [1.807, 2.05) is 24.3 Å². The smallest absolute Gasteiger partial charge is 0.321 e. The van der Waals surface area contributed by atoms with Crippen molar-refractivity contribution in [2.75, 3.05) is 81.6 Å². The van der Waals surface area contributed by atoms with Crippen molar-refractivity contribution in [3.05, 3.63) is 29.8 Å². The van der Waals surface area contributed by atoms with Gasteiger partial charge in [0.15, 0.2) is 10.6 Å². The number of morpholine rings is 1. The Kier molecular flexibility index (Phi) is 6.88. The average molecular weight is 485 g/mol. The molecule has 12 heteroatoms. The number of anilines is 3. The van der Waals surface area contributed by atoms with Crippen LogP contribution in [0.2, 0.25) is 0 Å². The fourth-order valence-electron chi connectivity index (χ4n) is 4.06. The van der Waals surface area contributed by atoms with Crippen molar-refractivity contribution in [1.29, 1.82) is 0 Å². The first-order valence-corrected chi connectivity index (χ1v) is 12.2. The number of piperazine rings is 1. The second kappa shape index (κ2) is 10.4. The molecular formula is C22H28N8O3S. The third-order valence-electron chi connectivity index (χ3n) is 5.95. The number of nitrogens with one attached hydrogen (secondary N) is 1. The molecule has 0 saturated carbocycles. The Labute approximate surface area is 201 Å². The van der Waals surface area contributed by atoms with Gasteiger partial charge in [-0.25, -0.2) is 14.8 Å². The van der Waals surface area contributed by atoms with E-state index in [-0.39, 0.29) is 12.0 Å². The largest absolute Gasteiger partial charge is 0.492 e. The number of thiazole rings is 1. The maximum absolute atomic E-state index is 12.8. The summed E-state index contributed by atoms with van der Waals surface area (Å²) in [5.74, 6) is 1.76. The standard InChI is InChI=1S/C22H28N8O3S/c23-21-26-19(18-20(27-21)34-15-24-18)29-5-7-30(8-6-29)22(31)25-16-1-3-17(4-2-16)33-14-11-28-9-12-32-13-10-28/h1-4,15H,5-14H2,(H,25,31)(H2,23,26,27). The number of carbonyl (C=O) groups excluding carboxylic acids is 1. The summed E-state index contributed by atoms with van der Waals surface area (Å²) in [6, 6.07) is 7.36. The van der Waals surface area contributed by atoms with Crippen LogP contribution in [0.3, 0.4) is 0 Å². The third-order valence-corrected chi connectivity index (χ3v) is 6.67. The van der Waals surface area contributed by atoms with Crippen LogP contribution in [0.15, 0.2) is 29.8 Å². The number of fused-ring (bicyclic) bond motifs is 1. The van der Waals surface area contributed by atoms with Crippen LogP contribution in [-0.4, -0.2) is 96.4 Å². The molecular weight excluding hydrogens is 456 g/mol. The van der Waals surface area contributed by atoms with Crippen molar-refractivity contribution in [3.8, 4) is 5.75 Å². The van der Waals surface area contributed by atoms with E-state index in [1.165, 1.54) is 11.3 Å². The second-order valence-corrected chi connectivity index (χ2v) is 8.98. The lowest BCUT2D eigenvalue weighted by Crippen LogP contribution is -2.50. The van der Waals surface area contributed by atoms with E-state index >= 15 is 0 Å². The van der Waals surface area contributed by atoms with Crippen molar-refractivity contribution < 1.29 is 14.3 Å². The van der Waals surface area contributed by atoms with Crippen molar-refractivity contribution >= 4 is 45.2 Å². The molecule has 2 fully saturated rings. The van der Waals surface area contributed by atoms with Gasteiger partial charge in [-0.05, 0) is 24.3 Å². The van der Waals surface area contributed by atoms with Gasteiger partial charge in [0.25, 0.3) is 0 Å². The number of nitrogens with zero attached hydrogens (tertiary/aromatic N) is 6. The molecule has 0 radical (unpaired) electrons. The summed E-state index contributed by atoms with van der Waals surface area (Å²) in [5.41, 5.74) is 9.10. The van der Waals surface area contributed by atoms with Gasteiger partial charge in [0, 0.05) is 51.5 Å². The van der Waals surface area contributed by atoms with Crippen LogP contribution in [0.25, 0.3) is 10.3 Å². The first kappa shape index (κ1) is 22.6. The number of rotatable bonds is 6. The number of carbonyl (C=O) groups is 1. The number of nitrogens with two attached hydrogens (primary N) is 1. The predicted octanol–water partition coefficient (Wildman–Crippen LogP) is 1.73. The Morgan fingerprint density at radius 1 is 1.09 bits per heavy atom. The highest BCUT2D eigenvalue weighted by Gasteiger charge is 2.24. The first-order chi connectivity index (χ1) is 16.7. The second-order valence-electron chi connectivity index (χ2n) is 8.14. The van der Waals surface area contributed by atoms with Gasteiger partial charge in [-0.2, -0.15) is 4.98 Å². The number of urea groups is 1. The summed E-state index contributed by atoms with van der Waals surface area (Å²) < 4.78 is 11.2. The molecule has 2 amide bonds. The van der Waals surface area contributed by atoms with Crippen molar-refractivity contribution in [2.24, 2.45) is 0 Å². The molecule has 2 aromatic heterocycles. The van der Waals surface area contributed by atoms with Crippen LogP contribution in [0, 0.1) is 0 Å². The molecule has 3 aromatic rings. The lowest BCUT2D eigenvalue weighted by Gasteiger charge is -2.35. The van der Waals surface area contributed by atoms with Gasteiger partial charge < -0.3 is 30.3 Å². The fraction of sp³-hybridized carbons (Fsp3) is 0.455. The van der Waals surface area contributed by atoms with E-state index in [0.717, 1.165) is 60.4 Å². The zero-order chi connectivity index (χ0) is 23.3. The first-order valence-electron chi connectivity index (χ1n) is 11.4. The Bertz CT molecular complexity index is 1110. The summed E-state index contributed by atoms with van der Waals surface area (Å²) in [5, 5.41) is 2.97. The lowest BCUT2D eigenvalue weighted by atomic mass is 10.3. The Morgan fingerprint density at radius 3 is 2.62 bits per heavy atom. The van der Waals surface area contributed by atoms with Crippen molar-refractivity contribution in [2.45, 2.75) is 0 Å². The summed E-state index contributed by atoms with van der Waals surface area (Å²) in [6.07, 6.45) is 0. The minimum atomic E-state index is -0.123. The van der Waals surface area contributed by atoms with E-state index in [4.69, 9.17) is 15.2 Å². The molecule has 0 aliphatic carbocycles. The highest BCUT2D eigenvalue weighted by Crippen LogP contribution is 2.27. The maximum atomic E-state index is 12.8. The van der Waals surface area contributed by atoms with Crippen LogP contribution >= 0.6 is 11.3 Å². The SMILES string of the molecule is Nc1nc(N2CCN(C(=O)Nc3ccc(OCCN4CCOCC4)cc3)CC2)c2ncsc2n1. The molecule has 2 aliphatic heterocycles. The average Bonchev–Trinajstić information content (AvgIpc) is 3.34. The molecule has 3 N–H and O–H groups in total. The van der Waals surface area contributed by atoms with E-state index < -0.39 is 0 Å². The normalized spacial score (nSPS) is 17.2. The molecule has 2 aliphatic rings. The van der Waals surface area contributed by atoms with Gasteiger partial charge in [0.1, 0.15) is 17.9 Å². The predicted molar refractivity (Wildman–Crippen MR) is 132 cm³/mol. The van der Waals surface area contributed by atoms with Crippen LogP contribution in [0.1, 0.15) is 0 Å². The van der Waals surface area contributed by atoms with Crippen LogP contribution in [0.5, 0.6) is 5.75 Å². The molecule has 0 unspecified atom stereocenters. The van der Waals surface area contributed by atoms with Gasteiger partial charge >= 0.3 is 6.03 Å². The van der Waals surface area contributed by atoms with E-state index in [0.29, 0.717) is 32.8 Å². The molecule has 0 bridgehead atoms. The number of nitrogen functional groups attached to an aromatic ring is 1. The third kappa shape index (κ3) is 5.29. The molecule has 1 aromatic carbocycles. The summed E-state index contributed by atoms with van der Waals surface area (Å²) >= 11 is 1.44. The van der Waals surface area contributed by atoms with Crippen molar-refractivity contribution in [3.63, 3.8) is 0 Å². The Hall–Kier alpha value is -3.22. The van der Waals surface area contributed by atoms with Gasteiger partial charge in [0.05, 0.1) is 18.7 Å². The number of hydrogen-bond donors (Lipinski definition) is 2. The van der Waals surface area contributed by atoms with Crippen molar-refractivity contribution in [1.82, 2.24) is 24.8 Å². The molecule has 2 saturated heterocycles. The van der Waals surface area contributed by atoms with Crippen LogP contribution in [-0.2, 0) is 4.74 Å². The highest BCUT2D eigenvalue weighted by molar-refractivity contribution is 7.16. The Balaban J connectivity index is 1.09. The van der Waals surface area contributed by atoms with E-state index in [2.05, 4.69) is 30.1 Å². The molecule has 11 nitrogen and oxygen atoms in total. The number of hydrogen-bond acceptors (Lipinski definition) is 10. The van der Waals surface area contributed by atoms with Gasteiger partial charge in [0.2, 0.25) is 5.95 Å². The van der Waals surface area contributed by atoms with Gasteiger partial charge in [-0.3, -0.25) is 4.90 Å². The maximum Gasteiger partial charge on any atom is 0.321 e. The monoisotopic (exact) mass is 484 g/mol. The van der Waals surface area contributed by atoms with Gasteiger partial charge in [-0.1, -0.05) is 0 Å². The Morgan fingerprint density at radius 2 is 1.85 bits per heavy atom. The zero-order valence-corrected chi connectivity index (χ0v) is 19.7. The summed E-state index contributed by atoms with van der Waals surface area (Å²) in [4.78, 5) is 32.8. The summed E-state index contributed by atoms with van der Waals surface area (Å²) in [6.45, 7) is 7.41. The molecule has 4 heterocycles. The molecule has 180 valence electrons. The summed E-state index contributed by atoms with van der Waals surface area (Å²) in [7, 11) is 0. The van der Waals surface area contributed by atoms with E-state index in [9.17, 15) is 4.79 Å². The van der Waals surface area contributed by atoms with Crippen LogP contribution in [0.4, 0.5) is 22.2 Å². The topological polar surface area (TPSA) is 122 Å². The molecule has 0 atom stereocenters. The zero-order valence-electron chi connectivity index (χ0n) is 18.9.